The number of benzene rings is 8. The van der Waals surface area contributed by atoms with Gasteiger partial charge in [0.25, 0.3) is 0 Å². The number of nitrogens with zero attached hydrogens (tertiary/aromatic N) is 17. The molecule has 6 N–H and O–H groups in total. The van der Waals surface area contributed by atoms with E-state index in [2.05, 4.69) is 260 Å². The van der Waals surface area contributed by atoms with Crippen molar-refractivity contribution < 1.29 is 14.5 Å². The third-order valence-corrected chi connectivity index (χ3v) is 19.9. The number of hydrogen-bond donors (Lipinski definition) is 5. The molecule has 0 aliphatic carbocycles. The van der Waals surface area contributed by atoms with E-state index < -0.39 is 0 Å². The average molecular weight is 1400 g/mol. The van der Waals surface area contributed by atoms with Crippen LogP contribution in [0, 0.1) is 6.92 Å². The summed E-state index contributed by atoms with van der Waals surface area (Å²) < 4.78 is 10.0. The first-order valence-electron chi connectivity index (χ1n) is 35.4. The van der Waals surface area contributed by atoms with Gasteiger partial charge in [0.1, 0.15) is 46.3 Å². The number of anilines is 1. The molecular weight excluding hydrogens is 1310 g/mol. The van der Waals surface area contributed by atoms with E-state index in [4.69, 9.17) is 22.1 Å². The van der Waals surface area contributed by atoms with Crippen LogP contribution in [0.4, 0.5) is 5.69 Å². The summed E-state index contributed by atoms with van der Waals surface area (Å²) in [7, 11) is 0. The first-order valence-corrected chi connectivity index (χ1v) is 35.8. The van der Waals surface area contributed by atoms with Gasteiger partial charge in [-0.05, 0) is 177 Å². The fraction of sp³-hybridized carbons (Fsp3) is 0.342. The highest BCUT2D eigenvalue weighted by Crippen LogP contribution is 2.41. The van der Waals surface area contributed by atoms with Gasteiger partial charge in [-0.1, -0.05) is 185 Å². The molecule has 24 heteroatoms. The molecule has 8 aromatic carbocycles. The highest BCUT2D eigenvalue weighted by molar-refractivity contribution is 6.30. The number of hydrogen-bond acceptors (Lipinski definition) is 18. The number of fused-ring (bicyclic) bond motifs is 4. The summed E-state index contributed by atoms with van der Waals surface area (Å²) in [6.45, 7) is 24.7. The predicted molar refractivity (Wildman–Crippen MR) is 395 cm³/mol. The molecule has 4 aliphatic heterocycles. The lowest BCUT2D eigenvalue weighted by atomic mass is 9.93. The molecule has 0 radical (unpaired) electrons. The molecule has 0 amide bonds. The van der Waals surface area contributed by atoms with Crippen molar-refractivity contribution in [3.63, 3.8) is 0 Å². The van der Waals surface area contributed by atoms with Crippen LogP contribution in [-0.4, -0.2) is 134 Å². The van der Waals surface area contributed by atoms with E-state index in [1.54, 1.807) is 6.07 Å². The maximum absolute atomic E-state index is 10.3. The van der Waals surface area contributed by atoms with Crippen molar-refractivity contribution in [3.05, 3.63) is 289 Å². The van der Waals surface area contributed by atoms with Gasteiger partial charge >= 0.3 is 5.82 Å². The summed E-state index contributed by atoms with van der Waals surface area (Å²) >= 11 is 6.30. The zero-order chi connectivity index (χ0) is 71.6. The monoisotopic (exact) mass is 1400 g/mol. The van der Waals surface area contributed by atoms with Crippen molar-refractivity contribution in [1.82, 2.24) is 96.6 Å². The first kappa shape index (κ1) is 71.0. The number of ether oxygens (including phenoxy) is 1. The molecule has 4 aliphatic rings. The van der Waals surface area contributed by atoms with Gasteiger partial charge in [-0.25, -0.2) is 4.68 Å². The van der Waals surface area contributed by atoms with Gasteiger partial charge in [0.15, 0.2) is 22.7 Å². The number of aromatic nitrogens is 16. The van der Waals surface area contributed by atoms with E-state index in [0.717, 1.165) is 123 Å². The highest BCUT2D eigenvalue weighted by Gasteiger charge is 2.40. The van der Waals surface area contributed by atoms with Gasteiger partial charge in [0, 0.05) is 79.8 Å². The topological polar surface area (TPSA) is 266 Å². The first-order chi connectivity index (χ1) is 50.0. The second-order valence-electron chi connectivity index (χ2n) is 28.6. The van der Waals surface area contributed by atoms with Crippen LogP contribution < -0.4 is 15.2 Å². The number of halogens is 1. The lowest BCUT2D eigenvalue weighted by Gasteiger charge is -2.36. The zero-order valence-electron chi connectivity index (χ0n) is 59.8. The van der Waals surface area contributed by atoms with E-state index in [1.165, 1.54) is 55.6 Å². The van der Waals surface area contributed by atoms with Crippen molar-refractivity contribution >= 4 is 17.3 Å². The molecular formula is C79H91ClN21O2+. The van der Waals surface area contributed by atoms with Crippen LogP contribution in [0.2, 0.25) is 5.02 Å². The Morgan fingerprint density at radius 3 is 1.50 bits per heavy atom. The highest BCUT2D eigenvalue weighted by atomic mass is 35.5. The SMILES string of the molecule is CCOc1ccccc1C(c1nnnn1C(C)(C)C)N1CCc2ccc(Cl)cc2C1.Cc1ccccc1C(c1nn[nH][n+]1C(C)(C)C)N1CCc2ccccc2C1.Nc1ccccc1C(c1nn[nH]n1)N1CCc2ccccc2C1.Oc1ccccc1C(c1nn[nH]n1)N1CCc2ccccc2C1. The summed E-state index contributed by atoms with van der Waals surface area (Å²) in [4.78, 5) is 9.59. The minimum atomic E-state index is -0.241. The van der Waals surface area contributed by atoms with E-state index in [0.29, 0.717) is 18.3 Å². The van der Waals surface area contributed by atoms with Gasteiger partial charge in [-0.2, -0.15) is 15.1 Å². The summed E-state index contributed by atoms with van der Waals surface area (Å²) in [6, 6.07) is 63.7. The molecule has 4 atom stereocenters. The van der Waals surface area contributed by atoms with Crippen molar-refractivity contribution in [2.75, 3.05) is 38.5 Å². The van der Waals surface area contributed by atoms with E-state index in [1.807, 2.05) is 78.3 Å². The van der Waals surface area contributed by atoms with Gasteiger partial charge in [0.05, 0.1) is 12.1 Å². The third-order valence-electron chi connectivity index (χ3n) is 19.7. The minimum Gasteiger partial charge on any atom is -0.508 e. The normalized spacial score (nSPS) is 15.9. The summed E-state index contributed by atoms with van der Waals surface area (Å²) in [5.41, 5.74) is 23.0. The fourth-order valence-corrected chi connectivity index (χ4v) is 14.8. The van der Waals surface area contributed by atoms with Crippen molar-refractivity contribution in [2.24, 2.45) is 0 Å². The van der Waals surface area contributed by atoms with Crippen molar-refractivity contribution in [3.8, 4) is 11.5 Å². The number of nitrogens with one attached hydrogen (secondary N) is 3. The Labute approximate surface area is 606 Å². The number of para-hydroxylation sites is 3. The van der Waals surface area contributed by atoms with E-state index in [-0.39, 0.29) is 41.0 Å². The summed E-state index contributed by atoms with van der Waals surface area (Å²) in [5, 5.41) is 65.0. The third kappa shape index (κ3) is 16.3. The molecule has 4 unspecified atom stereocenters. The molecule has 0 saturated heterocycles. The molecule has 8 heterocycles. The fourth-order valence-electron chi connectivity index (χ4n) is 14.6. The average Bonchev–Trinajstić information content (AvgIpc) is 1.78. The molecule has 103 heavy (non-hydrogen) atoms. The zero-order valence-corrected chi connectivity index (χ0v) is 60.6. The Morgan fingerprint density at radius 1 is 0.505 bits per heavy atom. The Bertz CT molecular complexity index is 4620. The molecule has 530 valence electrons. The Kier molecular flexibility index (Phi) is 21.9. The van der Waals surface area contributed by atoms with Gasteiger partial charge in [-0.15, -0.1) is 25.5 Å². The number of nitrogen functional groups attached to an aromatic ring is 1. The number of phenols is 1. The van der Waals surface area contributed by atoms with Crippen molar-refractivity contribution in [1.29, 1.82) is 0 Å². The number of rotatable bonds is 14. The van der Waals surface area contributed by atoms with Crippen LogP contribution in [0.25, 0.3) is 0 Å². The second-order valence-corrected chi connectivity index (χ2v) is 29.0. The smallest absolute Gasteiger partial charge is 0.323 e. The lowest BCUT2D eigenvalue weighted by molar-refractivity contribution is -0.813. The standard InChI is InChI=1S/C23H28ClN5O.C22H27N5.C17H18N6.C17H17N5O/c1-5-30-20-9-7-6-8-19(20)21(22-25-26-27-29(22)23(2,3)4)28-13-12-16-10-11-18(24)14-17(16)15-28;1-16-9-5-8-12-19(16)20(21-23-24-25-27(21)22(2,3)4)26-14-13-17-10-6-7-11-18(17)15-26;18-15-8-4-3-7-14(15)16(17-19-21-22-20-17)23-10-9-12-5-1-2-6-13(12)11-23;23-15-8-4-3-7-14(15)16(17-18-20-21-19-17)22-10-9-12-5-1-2-6-13(12)11-22/h6-11,14,21H,5,12-13,15H2,1-4H3;5-12,20H,13-15H2,1-4H3;1-8,16H,9-11,18H2,(H,19,20,21,22);1-8,16,23H,9-11H2,(H,18,19,20,21)/p+1. The molecule has 0 fully saturated rings. The number of phenolic OH excluding ortho intramolecular Hbond substituents is 1. The van der Waals surface area contributed by atoms with Gasteiger partial charge in [0.2, 0.25) is 0 Å². The van der Waals surface area contributed by atoms with E-state index >= 15 is 0 Å². The maximum Gasteiger partial charge on any atom is 0.323 e. The van der Waals surface area contributed by atoms with Crippen LogP contribution in [0.5, 0.6) is 11.5 Å². The number of aromatic amines is 3. The summed E-state index contributed by atoms with van der Waals surface area (Å²) in [5.74, 6) is 4.14. The molecule has 0 spiro atoms. The molecule has 16 rings (SSSR count). The largest absolute Gasteiger partial charge is 0.508 e. The van der Waals surface area contributed by atoms with Crippen LogP contribution in [0.15, 0.2) is 188 Å². The van der Waals surface area contributed by atoms with Crippen LogP contribution in [-0.2, 0) is 62.9 Å². The second kappa shape index (κ2) is 31.8. The Morgan fingerprint density at radius 2 is 0.971 bits per heavy atom. The van der Waals surface area contributed by atoms with E-state index in [9.17, 15) is 5.11 Å². The van der Waals surface area contributed by atoms with Crippen LogP contribution in [0.1, 0.15) is 168 Å². The van der Waals surface area contributed by atoms with Crippen LogP contribution >= 0.6 is 11.6 Å². The minimum absolute atomic E-state index is 0.0672. The van der Waals surface area contributed by atoms with Crippen LogP contribution in [0.3, 0.4) is 0 Å². The number of aryl methyl sites for hydroxylation is 1. The maximum atomic E-state index is 10.3. The van der Waals surface area contributed by atoms with Gasteiger partial charge in [-0.3, -0.25) is 19.6 Å². The molecule has 0 saturated carbocycles. The number of aromatic hydroxyl groups is 1. The lowest BCUT2D eigenvalue weighted by Crippen LogP contribution is -2.56. The molecule has 4 aromatic heterocycles. The number of tetrazole rings is 4. The van der Waals surface area contributed by atoms with Crippen molar-refractivity contribution in [2.45, 2.75) is 142 Å². The number of nitrogens with two attached hydrogens (primary N) is 1. The van der Waals surface area contributed by atoms with Gasteiger partial charge < -0.3 is 15.6 Å². The quantitative estimate of drug-likeness (QED) is 0.0500. The Balaban J connectivity index is 0.000000123. The molecule has 0 bridgehead atoms. The predicted octanol–water partition coefficient (Wildman–Crippen LogP) is 11.9. The molecule has 23 nitrogen and oxygen atoms in total. The number of H-pyrrole nitrogens is 3. The summed E-state index contributed by atoms with van der Waals surface area (Å²) in [6.07, 6.45) is 4.00. The Hall–Kier alpha value is -10.4. The molecule has 12 aromatic rings.